The molecule has 0 aromatic heterocycles. The second-order valence-electron chi connectivity index (χ2n) is 6.22. The number of benzene rings is 3. The van der Waals surface area contributed by atoms with Crippen LogP contribution in [0.5, 0.6) is 17.2 Å². The first kappa shape index (κ1) is 20.6. The molecule has 0 unspecified atom stereocenters. The molecular formula is C26H20O4. The zero-order valence-corrected chi connectivity index (χ0v) is 17.0. The lowest BCUT2D eigenvalue weighted by Crippen LogP contribution is -1.94. The predicted molar refractivity (Wildman–Crippen MR) is 116 cm³/mol. The van der Waals surface area contributed by atoms with Gasteiger partial charge in [-0.1, -0.05) is 35.8 Å². The molecule has 0 bridgehead atoms. The lowest BCUT2D eigenvalue weighted by Gasteiger charge is -2.09. The van der Waals surface area contributed by atoms with Gasteiger partial charge in [0.1, 0.15) is 23.5 Å². The quantitative estimate of drug-likeness (QED) is 0.487. The molecule has 3 aromatic rings. The first-order chi connectivity index (χ1) is 14.7. The third-order valence-corrected chi connectivity index (χ3v) is 4.34. The number of rotatable bonds is 4. The summed E-state index contributed by atoms with van der Waals surface area (Å²) in [6.07, 6.45) is 0.802. The molecule has 0 amide bonds. The molecule has 0 spiro atoms. The zero-order chi connectivity index (χ0) is 21.3. The third kappa shape index (κ3) is 5.01. The maximum atomic E-state index is 10.8. The fourth-order valence-electron chi connectivity index (χ4n) is 2.69. The van der Waals surface area contributed by atoms with Gasteiger partial charge in [0.15, 0.2) is 0 Å². The van der Waals surface area contributed by atoms with Crippen LogP contribution < -0.4 is 14.2 Å². The maximum absolute atomic E-state index is 10.8. The second-order valence-corrected chi connectivity index (χ2v) is 6.22. The van der Waals surface area contributed by atoms with Crippen molar-refractivity contribution in [3.63, 3.8) is 0 Å². The Kier molecular flexibility index (Phi) is 6.77. The van der Waals surface area contributed by atoms with E-state index in [9.17, 15) is 4.79 Å². The topological polar surface area (TPSA) is 44.8 Å². The molecule has 0 saturated carbocycles. The van der Waals surface area contributed by atoms with E-state index in [4.69, 9.17) is 14.2 Å². The van der Waals surface area contributed by atoms with Crippen LogP contribution >= 0.6 is 0 Å². The molecule has 0 heterocycles. The van der Waals surface area contributed by atoms with Gasteiger partial charge in [-0.25, -0.2) is 0 Å². The van der Waals surface area contributed by atoms with Crippen molar-refractivity contribution >= 4 is 6.29 Å². The first-order valence-corrected chi connectivity index (χ1v) is 9.16. The van der Waals surface area contributed by atoms with Gasteiger partial charge in [-0.15, -0.1) is 0 Å². The van der Waals surface area contributed by atoms with E-state index >= 15 is 0 Å². The molecule has 3 aromatic carbocycles. The van der Waals surface area contributed by atoms with Crippen molar-refractivity contribution in [3.05, 3.63) is 88.5 Å². The summed E-state index contributed by atoms with van der Waals surface area (Å²) in [7, 11) is 4.81. The molecular weight excluding hydrogens is 376 g/mol. The lowest BCUT2D eigenvalue weighted by molar-refractivity contribution is 0.112. The standard InChI is InChI=1S/C26H20O4/c1-28-24-14-10-20(11-15-24)9-13-23-17-25(29-2)22(16-26(23)30-3)12-8-19-4-6-21(18-27)7-5-19/h4-7,10-11,14-18H,1-3H3. The Morgan fingerprint density at radius 1 is 0.633 bits per heavy atom. The summed E-state index contributed by atoms with van der Waals surface area (Å²) in [5.74, 6) is 14.4. The summed E-state index contributed by atoms with van der Waals surface area (Å²) < 4.78 is 16.2. The number of aldehydes is 1. The molecule has 0 N–H and O–H groups in total. The van der Waals surface area contributed by atoms with E-state index in [0.717, 1.165) is 23.2 Å². The molecule has 3 rings (SSSR count). The normalized spacial score (nSPS) is 9.43. The summed E-state index contributed by atoms with van der Waals surface area (Å²) in [5, 5.41) is 0. The third-order valence-electron chi connectivity index (χ3n) is 4.34. The molecule has 0 fully saturated rings. The highest BCUT2D eigenvalue weighted by molar-refractivity contribution is 5.75. The largest absolute Gasteiger partial charge is 0.497 e. The summed E-state index contributed by atoms with van der Waals surface area (Å²) in [4.78, 5) is 10.8. The Balaban J connectivity index is 1.93. The zero-order valence-electron chi connectivity index (χ0n) is 17.0. The van der Waals surface area contributed by atoms with Gasteiger partial charge in [0, 0.05) is 28.8 Å². The van der Waals surface area contributed by atoms with Gasteiger partial charge < -0.3 is 14.2 Å². The SMILES string of the molecule is COc1ccc(C#Cc2cc(OC)c(C#Cc3ccc(C=O)cc3)cc2OC)cc1. The van der Waals surface area contributed by atoms with Crippen LogP contribution in [0.15, 0.2) is 60.7 Å². The number of hydrogen-bond acceptors (Lipinski definition) is 4. The Labute approximate surface area is 176 Å². The van der Waals surface area contributed by atoms with E-state index in [1.165, 1.54) is 0 Å². The smallest absolute Gasteiger partial charge is 0.150 e. The summed E-state index contributed by atoms with van der Waals surface area (Å²) in [6, 6.07) is 18.2. The number of ether oxygens (including phenoxy) is 3. The predicted octanol–water partition coefficient (Wildman–Crippen LogP) is 4.32. The minimum Gasteiger partial charge on any atom is -0.497 e. The molecule has 0 aliphatic carbocycles. The molecule has 30 heavy (non-hydrogen) atoms. The number of carbonyl (C=O) groups is 1. The van der Waals surface area contributed by atoms with Crippen LogP contribution in [0.4, 0.5) is 0 Å². The molecule has 0 aliphatic rings. The monoisotopic (exact) mass is 396 g/mol. The van der Waals surface area contributed by atoms with Crippen LogP contribution in [0.25, 0.3) is 0 Å². The van der Waals surface area contributed by atoms with E-state index < -0.39 is 0 Å². The highest BCUT2D eigenvalue weighted by Crippen LogP contribution is 2.28. The molecule has 0 radical (unpaired) electrons. The van der Waals surface area contributed by atoms with Gasteiger partial charge in [-0.05, 0) is 36.4 Å². The highest BCUT2D eigenvalue weighted by atomic mass is 16.5. The van der Waals surface area contributed by atoms with Crippen molar-refractivity contribution in [1.82, 2.24) is 0 Å². The number of carbonyl (C=O) groups excluding carboxylic acids is 1. The average Bonchev–Trinajstić information content (AvgIpc) is 2.81. The van der Waals surface area contributed by atoms with Crippen LogP contribution in [0.3, 0.4) is 0 Å². The average molecular weight is 396 g/mol. The van der Waals surface area contributed by atoms with E-state index in [1.54, 1.807) is 45.6 Å². The van der Waals surface area contributed by atoms with Gasteiger partial charge in [-0.2, -0.15) is 0 Å². The molecule has 0 aliphatic heterocycles. The molecule has 148 valence electrons. The highest BCUT2D eigenvalue weighted by Gasteiger charge is 2.08. The molecule has 0 saturated heterocycles. The van der Waals surface area contributed by atoms with Gasteiger partial charge in [0.2, 0.25) is 0 Å². The van der Waals surface area contributed by atoms with Gasteiger partial charge >= 0.3 is 0 Å². The van der Waals surface area contributed by atoms with Crippen molar-refractivity contribution in [2.75, 3.05) is 21.3 Å². The van der Waals surface area contributed by atoms with Crippen molar-refractivity contribution in [2.24, 2.45) is 0 Å². The molecule has 0 atom stereocenters. The van der Waals surface area contributed by atoms with Crippen LogP contribution in [-0.2, 0) is 0 Å². The molecule has 4 nitrogen and oxygen atoms in total. The van der Waals surface area contributed by atoms with Crippen molar-refractivity contribution < 1.29 is 19.0 Å². The Morgan fingerprint density at radius 2 is 1.10 bits per heavy atom. The minimum absolute atomic E-state index is 0.604. The van der Waals surface area contributed by atoms with Crippen LogP contribution in [0.2, 0.25) is 0 Å². The van der Waals surface area contributed by atoms with Crippen LogP contribution in [0, 0.1) is 23.7 Å². The summed E-state index contributed by atoms with van der Waals surface area (Å²) in [5.41, 5.74) is 3.65. The summed E-state index contributed by atoms with van der Waals surface area (Å²) in [6.45, 7) is 0. The fourth-order valence-corrected chi connectivity index (χ4v) is 2.69. The fraction of sp³-hybridized carbons (Fsp3) is 0.115. The van der Waals surface area contributed by atoms with Gasteiger partial charge in [0.05, 0.1) is 32.5 Å². The Morgan fingerprint density at radius 3 is 1.50 bits per heavy atom. The lowest BCUT2D eigenvalue weighted by atomic mass is 10.1. The van der Waals surface area contributed by atoms with Gasteiger partial charge in [-0.3, -0.25) is 4.79 Å². The van der Waals surface area contributed by atoms with Crippen LogP contribution in [0.1, 0.15) is 32.6 Å². The maximum Gasteiger partial charge on any atom is 0.150 e. The van der Waals surface area contributed by atoms with Gasteiger partial charge in [0.25, 0.3) is 0 Å². The van der Waals surface area contributed by atoms with E-state index in [1.807, 2.05) is 36.4 Å². The van der Waals surface area contributed by atoms with Crippen molar-refractivity contribution in [3.8, 4) is 40.9 Å². The Bertz CT molecular complexity index is 1150. The van der Waals surface area contributed by atoms with Crippen molar-refractivity contribution in [2.45, 2.75) is 0 Å². The minimum atomic E-state index is 0.604. The first-order valence-electron chi connectivity index (χ1n) is 9.16. The second kappa shape index (κ2) is 9.87. The molecule has 4 heteroatoms. The van der Waals surface area contributed by atoms with E-state index in [-0.39, 0.29) is 0 Å². The van der Waals surface area contributed by atoms with Crippen molar-refractivity contribution in [1.29, 1.82) is 0 Å². The Hall–Kier alpha value is -4.15. The summed E-state index contributed by atoms with van der Waals surface area (Å²) >= 11 is 0. The number of hydrogen-bond donors (Lipinski definition) is 0. The number of methoxy groups -OCH3 is 3. The van der Waals surface area contributed by atoms with Crippen LogP contribution in [-0.4, -0.2) is 27.6 Å². The van der Waals surface area contributed by atoms with E-state index in [0.29, 0.717) is 28.2 Å². The van der Waals surface area contributed by atoms with E-state index in [2.05, 4.69) is 23.7 Å².